The fourth-order valence-corrected chi connectivity index (χ4v) is 2.55. The molecule has 1 unspecified atom stereocenters. The summed E-state index contributed by atoms with van der Waals surface area (Å²) in [5.74, 6) is 0.814. The average molecular weight is 233 g/mol. The van der Waals surface area contributed by atoms with Gasteiger partial charge in [0.05, 0.1) is 0 Å². The maximum absolute atomic E-state index is 3.15. The highest BCUT2D eigenvalue weighted by molar-refractivity contribution is 5.54. The second-order valence-corrected chi connectivity index (χ2v) is 5.09. The Balaban J connectivity index is 1.92. The normalized spacial score (nSPS) is 20.5. The van der Waals surface area contributed by atoms with Crippen molar-refractivity contribution in [2.45, 2.75) is 6.42 Å². The largest absolute Gasteiger partial charge is 0.388 e. The van der Waals surface area contributed by atoms with Crippen molar-refractivity contribution in [3.05, 3.63) is 24.3 Å². The van der Waals surface area contributed by atoms with Crippen molar-refractivity contribution < 1.29 is 0 Å². The van der Waals surface area contributed by atoms with Crippen LogP contribution in [0.1, 0.15) is 6.42 Å². The van der Waals surface area contributed by atoms with E-state index in [1.54, 1.807) is 0 Å². The molecule has 1 atom stereocenters. The van der Waals surface area contributed by atoms with Crippen LogP contribution in [0, 0.1) is 5.92 Å². The van der Waals surface area contributed by atoms with Gasteiger partial charge in [-0.25, -0.2) is 0 Å². The van der Waals surface area contributed by atoms with Crippen LogP contribution < -0.4 is 10.2 Å². The molecular weight excluding hydrogens is 210 g/mol. The van der Waals surface area contributed by atoms with Gasteiger partial charge < -0.3 is 15.1 Å². The molecule has 1 heterocycles. The number of rotatable bonds is 4. The van der Waals surface area contributed by atoms with Gasteiger partial charge in [0.2, 0.25) is 0 Å². The van der Waals surface area contributed by atoms with Crippen LogP contribution in [0.15, 0.2) is 24.3 Å². The van der Waals surface area contributed by atoms with Gasteiger partial charge in [-0.15, -0.1) is 0 Å². The Labute approximate surface area is 104 Å². The molecule has 94 valence electrons. The fourth-order valence-electron chi connectivity index (χ4n) is 2.55. The lowest BCUT2D eigenvalue weighted by atomic mass is 10.1. The first-order chi connectivity index (χ1) is 8.19. The lowest BCUT2D eigenvalue weighted by Gasteiger charge is -2.23. The topological polar surface area (TPSA) is 18.5 Å². The van der Waals surface area contributed by atoms with Crippen LogP contribution in [0.4, 0.5) is 11.4 Å². The third-order valence-corrected chi connectivity index (χ3v) is 3.62. The Bertz CT molecular complexity index is 347. The van der Waals surface area contributed by atoms with Crippen molar-refractivity contribution in [2.75, 3.05) is 51.0 Å². The first kappa shape index (κ1) is 12.2. The summed E-state index contributed by atoms with van der Waals surface area (Å²) in [6.07, 6.45) is 1.33. The molecule has 0 spiro atoms. The molecular formula is C14H23N3. The molecule has 0 radical (unpaired) electrons. The summed E-state index contributed by atoms with van der Waals surface area (Å²) in [5, 5.41) is 3.15. The van der Waals surface area contributed by atoms with Crippen LogP contribution in [0.25, 0.3) is 0 Å². The van der Waals surface area contributed by atoms with Crippen molar-refractivity contribution in [3.63, 3.8) is 0 Å². The molecule has 1 saturated heterocycles. The minimum absolute atomic E-state index is 0.814. The first-order valence-electron chi connectivity index (χ1n) is 6.36. The van der Waals surface area contributed by atoms with Gasteiger partial charge >= 0.3 is 0 Å². The molecule has 1 fully saturated rings. The van der Waals surface area contributed by atoms with Crippen LogP contribution in [0.2, 0.25) is 0 Å². The molecule has 3 nitrogen and oxygen atoms in total. The second-order valence-electron chi connectivity index (χ2n) is 5.09. The van der Waals surface area contributed by atoms with Crippen LogP contribution in [-0.2, 0) is 0 Å². The van der Waals surface area contributed by atoms with Crippen molar-refractivity contribution in [3.8, 4) is 0 Å². The van der Waals surface area contributed by atoms with Gasteiger partial charge in [0, 0.05) is 38.6 Å². The van der Waals surface area contributed by atoms with Crippen molar-refractivity contribution in [2.24, 2.45) is 5.92 Å². The summed E-state index contributed by atoms with van der Waals surface area (Å²) >= 11 is 0. The summed E-state index contributed by atoms with van der Waals surface area (Å²) in [6.45, 7) is 3.64. The predicted octanol–water partition coefficient (Wildman–Crippen LogP) is 2.12. The molecule has 1 aromatic carbocycles. The Morgan fingerprint density at radius 1 is 1.35 bits per heavy atom. The van der Waals surface area contributed by atoms with Crippen LogP contribution >= 0.6 is 0 Å². The number of likely N-dealkylation sites (tertiary alicyclic amines) is 1. The third kappa shape index (κ3) is 3.13. The van der Waals surface area contributed by atoms with Crippen molar-refractivity contribution in [1.82, 2.24) is 4.90 Å². The van der Waals surface area contributed by atoms with E-state index in [0.29, 0.717) is 0 Å². The summed E-state index contributed by atoms with van der Waals surface area (Å²) in [5.41, 5.74) is 2.47. The monoisotopic (exact) mass is 233 g/mol. The minimum Gasteiger partial charge on any atom is -0.388 e. The van der Waals surface area contributed by atoms with Gasteiger partial charge in [0.1, 0.15) is 0 Å². The standard InChI is InChI=1S/C14H23N3/c1-15-13-4-6-14(7-5-13)17(3)11-12-8-9-16(2)10-12/h4-7,12,15H,8-11H2,1-3H3. The molecule has 0 amide bonds. The SMILES string of the molecule is CNc1ccc(N(C)CC2CCN(C)C2)cc1. The highest BCUT2D eigenvalue weighted by Gasteiger charge is 2.20. The van der Waals surface area contributed by atoms with E-state index in [1.165, 1.54) is 30.9 Å². The number of anilines is 2. The van der Waals surface area contributed by atoms with E-state index in [2.05, 4.69) is 53.5 Å². The number of benzene rings is 1. The van der Waals surface area contributed by atoms with Gasteiger partial charge in [-0.05, 0) is 50.2 Å². The van der Waals surface area contributed by atoms with E-state index >= 15 is 0 Å². The number of hydrogen-bond donors (Lipinski definition) is 1. The lowest BCUT2D eigenvalue weighted by Crippen LogP contribution is -2.27. The Hall–Kier alpha value is -1.22. The van der Waals surface area contributed by atoms with E-state index in [4.69, 9.17) is 0 Å². The summed E-state index contributed by atoms with van der Waals surface area (Å²) in [7, 11) is 6.35. The second kappa shape index (κ2) is 5.41. The van der Waals surface area contributed by atoms with Gasteiger partial charge in [-0.3, -0.25) is 0 Å². The van der Waals surface area contributed by atoms with E-state index in [1.807, 2.05) is 7.05 Å². The van der Waals surface area contributed by atoms with Gasteiger partial charge in [0.25, 0.3) is 0 Å². The summed E-state index contributed by atoms with van der Waals surface area (Å²) < 4.78 is 0. The third-order valence-electron chi connectivity index (χ3n) is 3.62. The fraction of sp³-hybridized carbons (Fsp3) is 0.571. The molecule has 0 bridgehead atoms. The van der Waals surface area contributed by atoms with E-state index in [9.17, 15) is 0 Å². The van der Waals surface area contributed by atoms with E-state index < -0.39 is 0 Å². The average Bonchev–Trinajstić information content (AvgIpc) is 2.75. The Morgan fingerprint density at radius 3 is 2.59 bits per heavy atom. The molecule has 1 aromatic rings. The van der Waals surface area contributed by atoms with Crippen LogP contribution in [0.3, 0.4) is 0 Å². The lowest BCUT2D eigenvalue weighted by molar-refractivity contribution is 0.396. The molecule has 17 heavy (non-hydrogen) atoms. The minimum atomic E-state index is 0.814. The van der Waals surface area contributed by atoms with Crippen molar-refractivity contribution in [1.29, 1.82) is 0 Å². The highest BCUT2D eigenvalue weighted by atomic mass is 15.1. The Kier molecular flexibility index (Phi) is 3.89. The zero-order valence-corrected chi connectivity index (χ0v) is 11.1. The molecule has 1 aliphatic heterocycles. The number of nitrogens with one attached hydrogen (secondary N) is 1. The highest BCUT2D eigenvalue weighted by Crippen LogP contribution is 2.20. The van der Waals surface area contributed by atoms with E-state index in [-0.39, 0.29) is 0 Å². The smallest absolute Gasteiger partial charge is 0.0365 e. The summed E-state index contributed by atoms with van der Waals surface area (Å²) in [6, 6.07) is 8.63. The maximum Gasteiger partial charge on any atom is 0.0365 e. The molecule has 2 rings (SSSR count). The Morgan fingerprint density at radius 2 is 2.06 bits per heavy atom. The number of hydrogen-bond acceptors (Lipinski definition) is 3. The van der Waals surface area contributed by atoms with Crippen LogP contribution in [-0.4, -0.2) is 45.7 Å². The maximum atomic E-state index is 3.15. The van der Waals surface area contributed by atoms with E-state index in [0.717, 1.165) is 12.5 Å². The number of nitrogens with zero attached hydrogens (tertiary/aromatic N) is 2. The predicted molar refractivity (Wildman–Crippen MR) is 74.9 cm³/mol. The van der Waals surface area contributed by atoms with Crippen LogP contribution in [0.5, 0.6) is 0 Å². The molecule has 0 aliphatic carbocycles. The zero-order chi connectivity index (χ0) is 12.3. The zero-order valence-electron chi connectivity index (χ0n) is 11.1. The molecule has 1 N–H and O–H groups in total. The summed E-state index contributed by atoms with van der Waals surface area (Å²) in [4.78, 5) is 4.78. The molecule has 0 aromatic heterocycles. The van der Waals surface area contributed by atoms with Crippen molar-refractivity contribution >= 4 is 11.4 Å². The first-order valence-corrected chi connectivity index (χ1v) is 6.36. The molecule has 3 heteroatoms. The molecule has 0 saturated carbocycles. The van der Waals surface area contributed by atoms with Gasteiger partial charge in [-0.1, -0.05) is 0 Å². The molecule has 1 aliphatic rings. The van der Waals surface area contributed by atoms with Gasteiger partial charge in [0.15, 0.2) is 0 Å². The quantitative estimate of drug-likeness (QED) is 0.859. The van der Waals surface area contributed by atoms with Gasteiger partial charge in [-0.2, -0.15) is 0 Å².